The molecule has 2 rings (SSSR count). The Morgan fingerprint density at radius 3 is 2.50 bits per heavy atom. The number of methoxy groups -OCH3 is 1. The summed E-state index contributed by atoms with van der Waals surface area (Å²) in [6, 6.07) is 8.48. The Morgan fingerprint density at radius 2 is 1.90 bits per heavy atom. The van der Waals surface area contributed by atoms with Gasteiger partial charge in [-0.3, -0.25) is 4.90 Å². The smallest absolute Gasteiger partial charge is 0.123 e. The Hall–Kier alpha value is -1.10. The first-order valence-electron chi connectivity index (χ1n) is 7.59. The highest BCUT2D eigenvalue weighted by atomic mass is 16.5. The highest BCUT2D eigenvalue weighted by molar-refractivity contribution is 5.36. The van der Waals surface area contributed by atoms with Crippen molar-refractivity contribution in [3.8, 4) is 5.75 Å². The van der Waals surface area contributed by atoms with Crippen molar-refractivity contribution in [2.45, 2.75) is 19.4 Å². The Labute approximate surface area is 122 Å². The quantitative estimate of drug-likeness (QED) is 0.860. The van der Waals surface area contributed by atoms with E-state index in [-0.39, 0.29) is 6.04 Å². The maximum atomic E-state index is 6.04. The lowest BCUT2D eigenvalue weighted by atomic mass is 10.0. The van der Waals surface area contributed by atoms with E-state index in [1.54, 1.807) is 7.11 Å². The molecule has 0 bridgehead atoms. The van der Waals surface area contributed by atoms with Gasteiger partial charge in [-0.25, -0.2) is 0 Å². The average molecular weight is 277 g/mol. The zero-order chi connectivity index (χ0) is 14.4. The van der Waals surface area contributed by atoms with E-state index in [2.05, 4.69) is 28.9 Å². The van der Waals surface area contributed by atoms with E-state index >= 15 is 0 Å². The molecule has 1 heterocycles. The second-order valence-corrected chi connectivity index (χ2v) is 5.37. The number of hydrogen-bond acceptors (Lipinski definition) is 4. The summed E-state index contributed by atoms with van der Waals surface area (Å²) < 4.78 is 5.49. The van der Waals surface area contributed by atoms with Gasteiger partial charge in [-0.2, -0.15) is 0 Å². The van der Waals surface area contributed by atoms with Crippen molar-refractivity contribution >= 4 is 0 Å². The molecule has 0 aliphatic carbocycles. The Balaban J connectivity index is 2.06. The molecule has 1 aromatic rings. The molecule has 1 fully saturated rings. The molecule has 2 N–H and O–H groups in total. The van der Waals surface area contributed by atoms with Crippen LogP contribution in [0, 0.1) is 0 Å². The van der Waals surface area contributed by atoms with E-state index in [0.717, 1.165) is 31.9 Å². The van der Waals surface area contributed by atoms with Gasteiger partial charge in [0.25, 0.3) is 0 Å². The number of benzene rings is 1. The van der Waals surface area contributed by atoms with E-state index in [1.165, 1.54) is 18.5 Å². The number of hydrogen-bond donors (Lipinski definition) is 1. The molecule has 0 radical (unpaired) electrons. The number of ether oxygens (including phenoxy) is 1. The molecular formula is C16H27N3O. The third-order valence-corrected chi connectivity index (χ3v) is 4.11. The first kappa shape index (κ1) is 15.3. The summed E-state index contributed by atoms with van der Waals surface area (Å²) in [5, 5.41) is 0. The topological polar surface area (TPSA) is 41.7 Å². The molecule has 0 saturated carbocycles. The molecule has 1 saturated heterocycles. The third-order valence-electron chi connectivity index (χ3n) is 4.11. The predicted molar refractivity (Wildman–Crippen MR) is 83.1 cm³/mol. The molecule has 1 aliphatic heterocycles. The standard InChI is InChI=1S/C16H27N3O/c1-3-8-18-9-11-19(12-10-18)15(13-17)14-6-4-5-7-16(14)20-2/h4-7,15H,3,8-13,17H2,1-2H3. The average Bonchev–Trinajstić information content (AvgIpc) is 2.50. The van der Waals surface area contributed by atoms with Gasteiger partial charge in [0.2, 0.25) is 0 Å². The van der Waals surface area contributed by atoms with Gasteiger partial charge in [-0.05, 0) is 19.0 Å². The van der Waals surface area contributed by atoms with Crippen molar-refractivity contribution in [2.75, 3.05) is 46.4 Å². The normalized spacial score (nSPS) is 18.9. The fraction of sp³-hybridized carbons (Fsp3) is 0.625. The minimum Gasteiger partial charge on any atom is -0.496 e. The highest BCUT2D eigenvalue weighted by Crippen LogP contribution is 2.29. The van der Waals surface area contributed by atoms with Crippen LogP contribution in [0.2, 0.25) is 0 Å². The Bertz CT molecular complexity index is 402. The summed E-state index contributed by atoms with van der Waals surface area (Å²) >= 11 is 0. The minimum absolute atomic E-state index is 0.259. The molecule has 0 amide bonds. The zero-order valence-electron chi connectivity index (χ0n) is 12.7. The van der Waals surface area contributed by atoms with Crippen molar-refractivity contribution in [1.82, 2.24) is 9.80 Å². The van der Waals surface area contributed by atoms with E-state index in [9.17, 15) is 0 Å². The molecule has 0 spiro atoms. The molecular weight excluding hydrogens is 250 g/mol. The monoisotopic (exact) mass is 277 g/mol. The van der Waals surface area contributed by atoms with Gasteiger partial charge in [0.05, 0.1) is 13.2 Å². The minimum atomic E-state index is 0.259. The molecule has 1 aromatic carbocycles. The summed E-state index contributed by atoms with van der Waals surface area (Å²) in [6.07, 6.45) is 1.23. The van der Waals surface area contributed by atoms with E-state index in [0.29, 0.717) is 6.54 Å². The molecule has 1 unspecified atom stereocenters. The van der Waals surface area contributed by atoms with Gasteiger partial charge in [-0.15, -0.1) is 0 Å². The second kappa shape index (κ2) is 7.62. The van der Waals surface area contributed by atoms with E-state index in [1.807, 2.05) is 12.1 Å². The molecule has 1 aliphatic rings. The van der Waals surface area contributed by atoms with Crippen LogP contribution in [0.25, 0.3) is 0 Å². The van der Waals surface area contributed by atoms with Gasteiger partial charge < -0.3 is 15.4 Å². The van der Waals surface area contributed by atoms with Crippen LogP contribution in [0.5, 0.6) is 5.75 Å². The number of nitrogens with two attached hydrogens (primary N) is 1. The second-order valence-electron chi connectivity index (χ2n) is 5.37. The molecule has 4 nitrogen and oxygen atoms in total. The Morgan fingerprint density at radius 1 is 1.20 bits per heavy atom. The lowest BCUT2D eigenvalue weighted by Gasteiger charge is -2.39. The van der Waals surface area contributed by atoms with Gasteiger partial charge in [-0.1, -0.05) is 25.1 Å². The predicted octanol–water partition coefficient (Wildman–Crippen LogP) is 1.72. The molecule has 20 heavy (non-hydrogen) atoms. The first-order chi connectivity index (χ1) is 9.80. The molecule has 0 aromatic heterocycles. The van der Waals surface area contributed by atoms with Crippen molar-refractivity contribution in [2.24, 2.45) is 5.73 Å². The summed E-state index contributed by atoms with van der Waals surface area (Å²) in [5.41, 5.74) is 7.25. The van der Waals surface area contributed by atoms with Crippen molar-refractivity contribution < 1.29 is 4.74 Å². The molecule has 1 atom stereocenters. The lowest BCUT2D eigenvalue weighted by Crippen LogP contribution is -2.49. The molecule has 112 valence electrons. The lowest BCUT2D eigenvalue weighted by molar-refractivity contribution is 0.0975. The van der Waals surface area contributed by atoms with Gasteiger partial charge in [0.15, 0.2) is 0 Å². The van der Waals surface area contributed by atoms with Crippen molar-refractivity contribution in [1.29, 1.82) is 0 Å². The largest absolute Gasteiger partial charge is 0.496 e. The van der Waals surface area contributed by atoms with Crippen LogP contribution in [-0.2, 0) is 0 Å². The maximum absolute atomic E-state index is 6.04. The highest BCUT2D eigenvalue weighted by Gasteiger charge is 2.25. The van der Waals surface area contributed by atoms with Crippen LogP contribution in [0.15, 0.2) is 24.3 Å². The summed E-state index contributed by atoms with van der Waals surface area (Å²) in [7, 11) is 1.73. The van der Waals surface area contributed by atoms with Crippen molar-refractivity contribution in [3.63, 3.8) is 0 Å². The first-order valence-corrected chi connectivity index (χ1v) is 7.59. The van der Waals surface area contributed by atoms with Crippen LogP contribution in [0.4, 0.5) is 0 Å². The van der Waals surface area contributed by atoms with Crippen LogP contribution < -0.4 is 10.5 Å². The van der Waals surface area contributed by atoms with Gasteiger partial charge >= 0.3 is 0 Å². The van der Waals surface area contributed by atoms with E-state index in [4.69, 9.17) is 10.5 Å². The van der Waals surface area contributed by atoms with Gasteiger partial charge in [0.1, 0.15) is 5.75 Å². The number of piperazine rings is 1. The maximum Gasteiger partial charge on any atom is 0.123 e. The fourth-order valence-corrected chi connectivity index (χ4v) is 3.03. The summed E-state index contributed by atoms with van der Waals surface area (Å²) in [5.74, 6) is 0.943. The van der Waals surface area contributed by atoms with E-state index < -0.39 is 0 Å². The van der Waals surface area contributed by atoms with Crippen molar-refractivity contribution in [3.05, 3.63) is 29.8 Å². The third kappa shape index (κ3) is 3.51. The number of nitrogens with zero attached hydrogens (tertiary/aromatic N) is 2. The van der Waals surface area contributed by atoms with Gasteiger partial charge in [0, 0.05) is 38.3 Å². The van der Waals surface area contributed by atoms with Crippen LogP contribution in [0.3, 0.4) is 0 Å². The fourth-order valence-electron chi connectivity index (χ4n) is 3.03. The SMILES string of the molecule is CCCN1CCN(C(CN)c2ccccc2OC)CC1. The number of rotatable bonds is 6. The Kier molecular flexibility index (Phi) is 5.83. The number of para-hydroxylation sites is 1. The molecule has 4 heteroatoms. The summed E-state index contributed by atoms with van der Waals surface area (Å²) in [6.45, 7) is 8.52. The zero-order valence-corrected chi connectivity index (χ0v) is 12.7. The van der Waals surface area contributed by atoms with Crippen LogP contribution in [-0.4, -0.2) is 56.2 Å². The summed E-state index contributed by atoms with van der Waals surface area (Å²) in [4.78, 5) is 5.02. The van der Waals surface area contributed by atoms with Crippen LogP contribution in [0.1, 0.15) is 24.9 Å². The van der Waals surface area contributed by atoms with Crippen LogP contribution >= 0.6 is 0 Å².